The zero-order chi connectivity index (χ0) is 29.2. The molecular weight excluding hydrogens is 530 g/mol. The minimum atomic E-state index is 1.17. The van der Waals surface area contributed by atoms with Crippen molar-refractivity contribution >= 4 is 54.1 Å². The van der Waals surface area contributed by atoms with Crippen LogP contribution in [0.25, 0.3) is 82.1 Å². The second kappa shape index (κ2) is 9.69. The lowest BCUT2D eigenvalue weighted by molar-refractivity contribution is 1.18. The lowest BCUT2D eigenvalue weighted by Gasteiger charge is -2.19. The topological polar surface area (TPSA) is 4.93 Å². The van der Waals surface area contributed by atoms with Gasteiger partial charge in [-0.05, 0) is 91.3 Å². The highest BCUT2D eigenvalue weighted by Crippen LogP contribution is 2.46. The lowest BCUT2D eigenvalue weighted by atomic mass is 9.84. The number of para-hydroxylation sites is 2. The van der Waals surface area contributed by atoms with Crippen molar-refractivity contribution in [2.75, 3.05) is 0 Å². The Hall–Kier alpha value is -5.66. The first-order valence-electron chi connectivity index (χ1n) is 15.3. The number of fused-ring (bicyclic) bond motifs is 6. The standard InChI is InChI=1S/C43H29N/c1-28-25-26-39(32-16-3-2-15-31(28)32)43-37-21-6-4-19-35(37)42(36-20-5-7-22-38(36)43)29-13-12-14-30(27-29)44-40-23-10-8-17-33(40)34-18-9-11-24-41(34)44/h2-27H,1H3. The summed E-state index contributed by atoms with van der Waals surface area (Å²) in [5.74, 6) is 0. The molecule has 0 aliphatic heterocycles. The van der Waals surface area contributed by atoms with Gasteiger partial charge in [0.1, 0.15) is 0 Å². The summed E-state index contributed by atoms with van der Waals surface area (Å²) in [6, 6.07) is 57.8. The van der Waals surface area contributed by atoms with E-state index in [1.807, 2.05) is 0 Å². The summed E-state index contributed by atoms with van der Waals surface area (Å²) in [5.41, 5.74) is 10.00. The zero-order valence-electron chi connectivity index (χ0n) is 24.5. The minimum Gasteiger partial charge on any atom is -0.309 e. The Balaban J connectivity index is 1.36. The molecule has 0 spiro atoms. The molecule has 8 aromatic carbocycles. The van der Waals surface area contributed by atoms with E-state index in [1.165, 1.54) is 87.6 Å². The third-order valence-corrected chi connectivity index (χ3v) is 9.32. The van der Waals surface area contributed by atoms with Gasteiger partial charge in [0, 0.05) is 16.5 Å². The van der Waals surface area contributed by atoms with Crippen LogP contribution >= 0.6 is 0 Å². The Morgan fingerprint density at radius 2 is 0.841 bits per heavy atom. The average molecular weight is 560 g/mol. The van der Waals surface area contributed by atoms with Gasteiger partial charge in [-0.3, -0.25) is 0 Å². The van der Waals surface area contributed by atoms with Crippen LogP contribution in [0.15, 0.2) is 158 Å². The molecule has 0 bridgehead atoms. The maximum Gasteiger partial charge on any atom is 0.0541 e. The van der Waals surface area contributed by atoms with Crippen LogP contribution in [0.4, 0.5) is 0 Å². The summed E-state index contributed by atoms with van der Waals surface area (Å²) in [5, 5.41) is 10.2. The van der Waals surface area contributed by atoms with E-state index in [2.05, 4.69) is 169 Å². The van der Waals surface area contributed by atoms with Gasteiger partial charge >= 0.3 is 0 Å². The van der Waals surface area contributed by atoms with Crippen molar-refractivity contribution in [2.45, 2.75) is 6.92 Å². The highest BCUT2D eigenvalue weighted by molar-refractivity contribution is 6.23. The van der Waals surface area contributed by atoms with Crippen LogP contribution in [0, 0.1) is 6.92 Å². The first kappa shape index (κ1) is 24.9. The quantitative estimate of drug-likeness (QED) is 0.190. The summed E-state index contributed by atoms with van der Waals surface area (Å²) in [6.07, 6.45) is 0. The average Bonchev–Trinajstić information content (AvgIpc) is 3.42. The number of rotatable bonds is 3. The van der Waals surface area contributed by atoms with Crippen LogP contribution in [0.5, 0.6) is 0 Å². The number of benzene rings is 8. The monoisotopic (exact) mass is 559 g/mol. The molecular formula is C43H29N. The molecule has 0 saturated carbocycles. The molecule has 0 aliphatic carbocycles. The highest BCUT2D eigenvalue weighted by atomic mass is 15.0. The smallest absolute Gasteiger partial charge is 0.0541 e. The van der Waals surface area contributed by atoms with Crippen molar-refractivity contribution in [3.63, 3.8) is 0 Å². The Kier molecular flexibility index (Phi) is 5.48. The normalized spacial score (nSPS) is 11.8. The molecule has 44 heavy (non-hydrogen) atoms. The Morgan fingerprint density at radius 1 is 0.364 bits per heavy atom. The van der Waals surface area contributed by atoms with Crippen molar-refractivity contribution in [1.82, 2.24) is 4.57 Å². The predicted octanol–water partition coefficient (Wildman–Crippen LogP) is 11.9. The molecule has 1 aromatic heterocycles. The fourth-order valence-electron chi connectivity index (χ4n) is 7.40. The van der Waals surface area contributed by atoms with Gasteiger partial charge in [0.25, 0.3) is 0 Å². The van der Waals surface area contributed by atoms with Gasteiger partial charge in [-0.1, -0.05) is 133 Å². The molecule has 1 heteroatoms. The van der Waals surface area contributed by atoms with E-state index in [0.717, 1.165) is 0 Å². The number of aromatic nitrogens is 1. The number of nitrogens with zero attached hydrogens (tertiary/aromatic N) is 1. The van der Waals surface area contributed by atoms with Crippen molar-refractivity contribution in [3.8, 4) is 27.9 Å². The molecule has 9 aromatic rings. The van der Waals surface area contributed by atoms with Crippen molar-refractivity contribution in [3.05, 3.63) is 163 Å². The van der Waals surface area contributed by atoms with Crippen molar-refractivity contribution < 1.29 is 0 Å². The van der Waals surface area contributed by atoms with Gasteiger partial charge in [-0.15, -0.1) is 0 Å². The van der Waals surface area contributed by atoms with Gasteiger partial charge in [0.05, 0.1) is 11.0 Å². The molecule has 0 N–H and O–H groups in total. The largest absolute Gasteiger partial charge is 0.309 e. The molecule has 0 unspecified atom stereocenters. The molecule has 206 valence electrons. The summed E-state index contributed by atoms with van der Waals surface area (Å²) < 4.78 is 2.41. The van der Waals surface area contributed by atoms with Gasteiger partial charge in [0.15, 0.2) is 0 Å². The molecule has 9 rings (SSSR count). The summed E-state index contributed by atoms with van der Waals surface area (Å²) in [4.78, 5) is 0. The maximum atomic E-state index is 2.41. The minimum absolute atomic E-state index is 1.17. The molecule has 0 atom stereocenters. The first-order chi connectivity index (χ1) is 21.8. The van der Waals surface area contributed by atoms with Crippen LogP contribution in [0.2, 0.25) is 0 Å². The first-order valence-corrected chi connectivity index (χ1v) is 15.3. The number of hydrogen-bond donors (Lipinski definition) is 0. The zero-order valence-corrected chi connectivity index (χ0v) is 24.5. The van der Waals surface area contributed by atoms with E-state index in [-0.39, 0.29) is 0 Å². The predicted molar refractivity (Wildman–Crippen MR) is 189 cm³/mol. The van der Waals surface area contributed by atoms with E-state index >= 15 is 0 Å². The highest BCUT2D eigenvalue weighted by Gasteiger charge is 2.19. The van der Waals surface area contributed by atoms with Crippen LogP contribution in [0.3, 0.4) is 0 Å². The van der Waals surface area contributed by atoms with E-state index in [1.54, 1.807) is 0 Å². The van der Waals surface area contributed by atoms with Crippen LogP contribution < -0.4 is 0 Å². The summed E-state index contributed by atoms with van der Waals surface area (Å²) >= 11 is 0. The number of aryl methyl sites for hydroxylation is 1. The van der Waals surface area contributed by atoms with E-state index < -0.39 is 0 Å². The second-order valence-electron chi connectivity index (χ2n) is 11.7. The molecule has 1 nitrogen and oxygen atoms in total. The van der Waals surface area contributed by atoms with E-state index in [4.69, 9.17) is 0 Å². The van der Waals surface area contributed by atoms with Crippen molar-refractivity contribution in [1.29, 1.82) is 0 Å². The van der Waals surface area contributed by atoms with Crippen molar-refractivity contribution in [2.24, 2.45) is 0 Å². The van der Waals surface area contributed by atoms with Crippen LogP contribution in [-0.4, -0.2) is 4.57 Å². The lowest BCUT2D eigenvalue weighted by Crippen LogP contribution is -1.95. The van der Waals surface area contributed by atoms with E-state index in [0.29, 0.717) is 0 Å². The molecule has 0 aliphatic rings. The second-order valence-corrected chi connectivity index (χ2v) is 11.7. The summed E-state index contributed by atoms with van der Waals surface area (Å²) in [6.45, 7) is 2.20. The van der Waals surface area contributed by atoms with Gasteiger partial charge in [-0.25, -0.2) is 0 Å². The SMILES string of the molecule is Cc1ccc(-c2c3ccccc3c(-c3cccc(-n4c5ccccc5c5ccccc54)c3)c3ccccc23)c2ccccc12. The van der Waals surface area contributed by atoms with Crippen LogP contribution in [0.1, 0.15) is 5.56 Å². The summed E-state index contributed by atoms with van der Waals surface area (Å²) in [7, 11) is 0. The molecule has 1 heterocycles. The fraction of sp³-hybridized carbons (Fsp3) is 0.0233. The van der Waals surface area contributed by atoms with Gasteiger partial charge < -0.3 is 4.57 Å². The number of hydrogen-bond acceptors (Lipinski definition) is 0. The Labute approximate surface area is 256 Å². The third kappa shape index (κ3) is 3.60. The molecule has 0 radical (unpaired) electrons. The van der Waals surface area contributed by atoms with Gasteiger partial charge in [0.2, 0.25) is 0 Å². The van der Waals surface area contributed by atoms with Crippen LogP contribution in [-0.2, 0) is 0 Å². The molecule has 0 fully saturated rings. The van der Waals surface area contributed by atoms with Gasteiger partial charge in [-0.2, -0.15) is 0 Å². The molecule has 0 saturated heterocycles. The maximum absolute atomic E-state index is 2.41. The molecule has 0 amide bonds. The fourth-order valence-corrected chi connectivity index (χ4v) is 7.40. The Bertz CT molecular complexity index is 2450. The Morgan fingerprint density at radius 3 is 1.43 bits per heavy atom. The third-order valence-electron chi connectivity index (χ3n) is 9.32. The van der Waals surface area contributed by atoms with E-state index in [9.17, 15) is 0 Å².